The summed E-state index contributed by atoms with van der Waals surface area (Å²) in [6, 6.07) is 2.67. The van der Waals surface area contributed by atoms with Gasteiger partial charge >= 0.3 is 0 Å². The average Bonchev–Trinajstić information content (AvgIpc) is 2.82. The standard InChI is InChI=1S/C10H15N3/c1-3-8-5-10(12-6-11-8)13-9-4-7(9)2/h5-7,9H,3-4H2,1-2H3,(H,11,12,13). The number of rotatable bonds is 3. The van der Waals surface area contributed by atoms with Gasteiger partial charge in [-0.25, -0.2) is 9.97 Å². The van der Waals surface area contributed by atoms with Gasteiger partial charge in [-0.1, -0.05) is 13.8 Å². The van der Waals surface area contributed by atoms with Crippen LogP contribution in [-0.2, 0) is 6.42 Å². The highest BCUT2D eigenvalue weighted by Crippen LogP contribution is 2.31. The molecule has 0 radical (unpaired) electrons. The van der Waals surface area contributed by atoms with Gasteiger partial charge in [0.1, 0.15) is 12.1 Å². The SMILES string of the molecule is CCc1cc(NC2CC2C)ncn1. The van der Waals surface area contributed by atoms with Crippen LogP contribution in [0.1, 0.15) is 26.0 Å². The van der Waals surface area contributed by atoms with E-state index in [0.717, 1.165) is 23.9 Å². The predicted molar refractivity (Wildman–Crippen MR) is 52.6 cm³/mol. The number of aromatic nitrogens is 2. The van der Waals surface area contributed by atoms with Crippen molar-refractivity contribution >= 4 is 5.82 Å². The van der Waals surface area contributed by atoms with E-state index in [0.29, 0.717) is 6.04 Å². The first-order valence-corrected chi connectivity index (χ1v) is 4.87. The molecule has 2 unspecified atom stereocenters. The molecule has 0 bridgehead atoms. The van der Waals surface area contributed by atoms with E-state index in [4.69, 9.17) is 0 Å². The largest absolute Gasteiger partial charge is 0.367 e. The van der Waals surface area contributed by atoms with Gasteiger partial charge in [0.15, 0.2) is 0 Å². The number of nitrogens with zero attached hydrogens (tertiary/aromatic N) is 2. The highest BCUT2D eigenvalue weighted by molar-refractivity contribution is 5.37. The van der Waals surface area contributed by atoms with Crippen molar-refractivity contribution < 1.29 is 0 Å². The Morgan fingerprint density at radius 3 is 2.92 bits per heavy atom. The van der Waals surface area contributed by atoms with Crippen LogP contribution in [0.15, 0.2) is 12.4 Å². The molecule has 3 heteroatoms. The molecular formula is C10H15N3. The zero-order valence-corrected chi connectivity index (χ0v) is 8.12. The zero-order chi connectivity index (χ0) is 9.26. The second-order valence-electron chi connectivity index (χ2n) is 3.71. The molecule has 1 heterocycles. The smallest absolute Gasteiger partial charge is 0.129 e. The Morgan fingerprint density at radius 1 is 1.54 bits per heavy atom. The van der Waals surface area contributed by atoms with E-state index >= 15 is 0 Å². The fourth-order valence-corrected chi connectivity index (χ4v) is 1.38. The molecule has 1 aromatic rings. The maximum Gasteiger partial charge on any atom is 0.129 e. The highest BCUT2D eigenvalue weighted by atomic mass is 15.1. The monoisotopic (exact) mass is 177 g/mol. The Bertz CT molecular complexity index is 298. The molecule has 3 nitrogen and oxygen atoms in total. The Kier molecular flexibility index (Phi) is 2.17. The lowest BCUT2D eigenvalue weighted by Crippen LogP contribution is -2.06. The molecule has 0 aliphatic heterocycles. The van der Waals surface area contributed by atoms with Crippen LogP contribution < -0.4 is 5.32 Å². The van der Waals surface area contributed by atoms with Gasteiger partial charge in [0.2, 0.25) is 0 Å². The van der Waals surface area contributed by atoms with Crippen LogP contribution in [-0.4, -0.2) is 16.0 Å². The molecule has 0 aromatic carbocycles. The van der Waals surface area contributed by atoms with Crippen molar-refractivity contribution in [2.24, 2.45) is 5.92 Å². The third kappa shape index (κ3) is 1.97. The Balaban J connectivity index is 2.03. The van der Waals surface area contributed by atoms with Crippen molar-refractivity contribution in [2.75, 3.05) is 5.32 Å². The third-order valence-electron chi connectivity index (χ3n) is 2.53. The van der Waals surface area contributed by atoms with E-state index in [1.54, 1.807) is 6.33 Å². The van der Waals surface area contributed by atoms with Crippen molar-refractivity contribution in [3.05, 3.63) is 18.1 Å². The lowest BCUT2D eigenvalue weighted by Gasteiger charge is -2.04. The van der Waals surface area contributed by atoms with Crippen molar-refractivity contribution in [2.45, 2.75) is 32.7 Å². The summed E-state index contributed by atoms with van der Waals surface area (Å²) in [5.41, 5.74) is 1.10. The summed E-state index contributed by atoms with van der Waals surface area (Å²) in [5, 5.41) is 3.39. The van der Waals surface area contributed by atoms with Crippen molar-refractivity contribution in [1.82, 2.24) is 9.97 Å². The van der Waals surface area contributed by atoms with Gasteiger partial charge in [0.05, 0.1) is 0 Å². The van der Waals surface area contributed by atoms with Crippen LogP contribution in [0.3, 0.4) is 0 Å². The maximum absolute atomic E-state index is 4.18. The Hall–Kier alpha value is -1.12. The second-order valence-corrected chi connectivity index (χ2v) is 3.71. The van der Waals surface area contributed by atoms with Crippen molar-refractivity contribution in [3.63, 3.8) is 0 Å². The molecule has 0 spiro atoms. The van der Waals surface area contributed by atoms with Crippen LogP contribution in [0.2, 0.25) is 0 Å². The van der Waals surface area contributed by atoms with Crippen LogP contribution >= 0.6 is 0 Å². The predicted octanol–water partition coefficient (Wildman–Crippen LogP) is 1.86. The Morgan fingerprint density at radius 2 is 2.31 bits per heavy atom. The minimum Gasteiger partial charge on any atom is -0.367 e. The molecule has 70 valence electrons. The molecule has 2 atom stereocenters. The molecular weight excluding hydrogens is 162 g/mol. The summed E-state index contributed by atoms with van der Waals surface area (Å²) < 4.78 is 0. The quantitative estimate of drug-likeness (QED) is 0.765. The Labute approximate surface area is 78.6 Å². The van der Waals surface area contributed by atoms with E-state index in [9.17, 15) is 0 Å². The molecule has 1 aliphatic carbocycles. The fraction of sp³-hybridized carbons (Fsp3) is 0.600. The van der Waals surface area contributed by atoms with E-state index in [1.165, 1.54) is 6.42 Å². The molecule has 13 heavy (non-hydrogen) atoms. The number of anilines is 1. The molecule has 1 saturated carbocycles. The number of aryl methyl sites for hydroxylation is 1. The van der Waals surface area contributed by atoms with E-state index < -0.39 is 0 Å². The van der Waals surface area contributed by atoms with Gasteiger partial charge in [-0.15, -0.1) is 0 Å². The molecule has 1 N–H and O–H groups in total. The summed E-state index contributed by atoms with van der Waals surface area (Å²) in [6.45, 7) is 4.35. The second kappa shape index (κ2) is 3.32. The van der Waals surface area contributed by atoms with E-state index in [1.807, 2.05) is 6.07 Å². The number of nitrogens with one attached hydrogen (secondary N) is 1. The van der Waals surface area contributed by atoms with Gasteiger partial charge < -0.3 is 5.32 Å². The zero-order valence-electron chi connectivity index (χ0n) is 8.12. The molecule has 2 rings (SSSR count). The molecule has 0 amide bonds. The summed E-state index contributed by atoms with van der Waals surface area (Å²) in [4.78, 5) is 8.33. The summed E-state index contributed by atoms with van der Waals surface area (Å²) in [5.74, 6) is 1.78. The van der Waals surface area contributed by atoms with Gasteiger partial charge in [-0.05, 0) is 18.8 Å². The van der Waals surface area contributed by atoms with Crippen LogP contribution in [0, 0.1) is 5.92 Å². The third-order valence-corrected chi connectivity index (χ3v) is 2.53. The van der Waals surface area contributed by atoms with Crippen LogP contribution in [0.4, 0.5) is 5.82 Å². The number of hydrogen-bond acceptors (Lipinski definition) is 3. The van der Waals surface area contributed by atoms with Crippen LogP contribution in [0.25, 0.3) is 0 Å². The lowest BCUT2D eigenvalue weighted by molar-refractivity contribution is 0.916. The van der Waals surface area contributed by atoms with Gasteiger partial charge in [0, 0.05) is 17.8 Å². The molecule has 0 saturated heterocycles. The molecule has 1 aliphatic rings. The normalized spacial score (nSPS) is 25.7. The molecule has 1 aromatic heterocycles. The minimum atomic E-state index is 0.639. The first-order chi connectivity index (χ1) is 6.29. The van der Waals surface area contributed by atoms with Crippen molar-refractivity contribution in [1.29, 1.82) is 0 Å². The summed E-state index contributed by atoms with van der Waals surface area (Å²) in [6.07, 6.45) is 3.87. The van der Waals surface area contributed by atoms with E-state index in [2.05, 4.69) is 29.1 Å². The summed E-state index contributed by atoms with van der Waals surface area (Å²) in [7, 11) is 0. The number of hydrogen-bond donors (Lipinski definition) is 1. The summed E-state index contributed by atoms with van der Waals surface area (Å²) >= 11 is 0. The van der Waals surface area contributed by atoms with Crippen LogP contribution in [0.5, 0.6) is 0 Å². The average molecular weight is 177 g/mol. The van der Waals surface area contributed by atoms with Gasteiger partial charge in [-0.3, -0.25) is 0 Å². The van der Waals surface area contributed by atoms with E-state index in [-0.39, 0.29) is 0 Å². The lowest BCUT2D eigenvalue weighted by atomic mass is 10.3. The van der Waals surface area contributed by atoms with Crippen molar-refractivity contribution in [3.8, 4) is 0 Å². The van der Waals surface area contributed by atoms with Gasteiger partial charge in [0.25, 0.3) is 0 Å². The fourth-order valence-electron chi connectivity index (χ4n) is 1.38. The maximum atomic E-state index is 4.18. The molecule has 1 fully saturated rings. The van der Waals surface area contributed by atoms with Gasteiger partial charge in [-0.2, -0.15) is 0 Å². The topological polar surface area (TPSA) is 37.8 Å². The minimum absolute atomic E-state index is 0.639. The first kappa shape index (κ1) is 8.48. The highest BCUT2D eigenvalue weighted by Gasteiger charge is 2.32. The first-order valence-electron chi connectivity index (χ1n) is 4.87.